The molecule has 0 radical (unpaired) electrons. The van der Waals surface area contributed by atoms with Crippen LogP contribution in [0.4, 0.5) is 0 Å². The highest BCUT2D eigenvalue weighted by Gasteiger charge is 2.25. The third-order valence-corrected chi connectivity index (χ3v) is 8.69. The van der Waals surface area contributed by atoms with Crippen molar-refractivity contribution >= 4 is 23.5 Å². The first-order valence-corrected chi connectivity index (χ1v) is 14.4. The van der Waals surface area contributed by atoms with Crippen LogP contribution in [0.1, 0.15) is 119 Å². The van der Waals surface area contributed by atoms with Gasteiger partial charge in [-0.3, -0.25) is 0 Å². The van der Waals surface area contributed by atoms with Crippen molar-refractivity contribution in [2.24, 2.45) is 10.8 Å². The molecule has 0 aliphatic rings. The molecule has 0 aliphatic heterocycles. The SMILES string of the molecule is CC(C)(C)Cc1ccccc1CSC(C)(C)CCC(C)(C)CCCCCSC(C)(C)C. The van der Waals surface area contributed by atoms with Crippen LogP contribution in [0.5, 0.6) is 0 Å². The minimum absolute atomic E-state index is 0.329. The Kier molecular flexibility index (Phi) is 11.6. The fraction of sp³-hybridized carbons (Fsp3) is 0.793. The zero-order valence-electron chi connectivity index (χ0n) is 22.5. The largest absolute Gasteiger partial charge is 0.156 e. The summed E-state index contributed by atoms with van der Waals surface area (Å²) in [5, 5.41) is 0. The van der Waals surface area contributed by atoms with E-state index >= 15 is 0 Å². The molecule has 0 bridgehead atoms. The maximum absolute atomic E-state index is 2.48. The van der Waals surface area contributed by atoms with E-state index in [1.54, 1.807) is 0 Å². The molecule has 0 unspecified atom stereocenters. The lowest BCUT2D eigenvalue weighted by atomic mass is 9.81. The zero-order chi connectivity index (χ0) is 23.8. The first kappa shape index (κ1) is 29.0. The first-order chi connectivity index (χ1) is 14.1. The van der Waals surface area contributed by atoms with Crippen molar-refractivity contribution in [1.29, 1.82) is 0 Å². The zero-order valence-corrected chi connectivity index (χ0v) is 24.1. The number of thioether (sulfide) groups is 2. The summed E-state index contributed by atoms with van der Waals surface area (Å²) in [6.07, 6.45) is 9.28. The lowest BCUT2D eigenvalue weighted by molar-refractivity contribution is 0.278. The molecule has 31 heavy (non-hydrogen) atoms. The van der Waals surface area contributed by atoms with Gasteiger partial charge in [-0.15, -0.1) is 0 Å². The predicted molar refractivity (Wildman–Crippen MR) is 149 cm³/mol. The highest BCUT2D eigenvalue weighted by molar-refractivity contribution is 8.00. The maximum Gasteiger partial charge on any atom is 0.0192 e. The van der Waals surface area contributed by atoms with Gasteiger partial charge in [-0.1, -0.05) is 106 Å². The topological polar surface area (TPSA) is 0 Å². The average Bonchev–Trinajstić information content (AvgIpc) is 2.60. The summed E-state index contributed by atoms with van der Waals surface area (Å²) in [5.74, 6) is 2.44. The molecule has 0 atom stereocenters. The molecule has 0 aromatic heterocycles. The fourth-order valence-corrected chi connectivity index (χ4v) is 5.85. The van der Waals surface area contributed by atoms with Crippen molar-refractivity contribution in [3.8, 4) is 0 Å². The van der Waals surface area contributed by atoms with Gasteiger partial charge < -0.3 is 0 Å². The van der Waals surface area contributed by atoms with Crippen molar-refractivity contribution in [1.82, 2.24) is 0 Å². The Hall–Kier alpha value is -0.0800. The maximum atomic E-state index is 2.48. The quantitative estimate of drug-likeness (QED) is 0.266. The van der Waals surface area contributed by atoms with E-state index in [4.69, 9.17) is 0 Å². The van der Waals surface area contributed by atoms with Gasteiger partial charge in [0.2, 0.25) is 0 Å². The number of rotatable bonds is 13. The lowest BCUT2D eigenvalue weighted by Crippen LogP contribution is -2.21. The molecule has 0 spiro atoms. The third kappa shape index (κ3) is 14.6. The van der Waals surface area contributed by atoms with Crippen LogP contribution in [0.25, 0.3) is 0 Å². The van der Waals surface area contributed by atoms with E-state index in [-0.39, 0.29) is 0 Å². The minimum atomic E-state index is 0.329. The molecular weight excluding hydrogens is 412 g/mol. The second-order valence-corrected chi connectivity index (χ2v) is 16.6. The van der Waals surface area contributed by atoms with Gasteiger partial charge in [-0.25, -0.2) is 0 Å². The van der Waals surface area contributed by atoms with Gasteiger partial charge in [0.05, 0.1) is 0 Å². The smallest absolute Gasteiger partial charge is 0.0192 e. The molecule has 180 valence electrons. The van der Waals surface area contributed by atoms with Crippen molar-refractivity contribution in [3.05, 3.63) is 35.4 Å². The molecule has 0 fully saturated rings. The first-order valence-electron chi connectivity index (χ1n) is 12.4. The monoisotopic (exact) mass is 464 g/mol. The van der Waals surface area contributed by atoms with Gasteiger partial charge in [-0.05, 0) is 59.8 Å². The Morgan fingerprint density at radius 3 is 1.84 bits per heavy atom. The van der Waals surface area contributed by atoms with E-state index in [0.29, 0.717) is 20.3 Å². The van der Waals surface area contributed by atoms with Crippen LogP contribution in [-0.4, -0.2) is 15.2 Å². The van der Waals surface area contributed by atoms with Crippen LogP contribution in [0.2, 0.25) is 0 Å². The highest BCUT2D eigenvalue weighted by Crippen LogP contribution is 2.39. The Morgan fingerprint density at radius 1 is 0.645 bits per heavy atom. The van der Waals surface area contributed by atoms with Gasteiger partial charge in [0, 0.05) is 15.2 Å². The Bertz CT molecular complexity index is 629. The van der Waals surface area contributed by atoms with Crippen molar-refractivity contribution in [3.63, 3.8) is 0 Å². The number of hydrogen-bond donors (Lipinski definition) is 0. The van der Waals surface area contributed by atoms with Crippen molar-refractivity contribution in [2.45, 2.75) is 129 Å². The Labute approximate surface area is 204 Å². The average molecular weight is 465 g/mol. The van der Waals surface area contributed by atoms with E-state index in [2.05, 4.69) is 117 Å². The predicted octanol–water partition coefficient (Wildman–Crippen LogP) is 10.2. The van der Waals surface area contributed by atoms with Crippen LogP contribution in [0.15, 0.2) is 24.3 Å². The number of unbranched alkanes of at least 4 members (excludes halogenated alkanes) is 2. The van der Waals surface area contributed by atoms with Crippen molar-refractivity contribution < 1.29 is 0 Å². The summed E-state index contributed by atoms with van der Waals surface area (Å²) in [6.45, 7) is 23.8. The molecule has 0 saturated heterocycles. The number of hydrogen-bond acceptors (Lipinski definition) is 2. The molecule has 1 aromatic carbocycles. The molecule has 2 heteroatoms. The van der Waals surface area contributed by atoms with Gasteiger partial charge in [-0.2, -0.15) is 23.5 Å². The molecule has 1 aromatic rings. The molecule has 0 amide bonds. The molecule has 0 saturated carbocycles. The van der Waals surface area contributed by atoms with Gasteiger partial charge in [0.15, 0.2) is 0 Å². The number of benzene rings is 1. The normalized spacial score (nSPS) is 13.6. The van der Waals surface area contributed by atoms with E-state index in [1.165, 1.54) is 55.4 Å². The summed E-state index contributed by atoms with van der Waals surface area (Å²) < 4.78 is 0.741. The Balaban J connectivity index is 2.42. The molecule has 1 rings (SSSR count). The highest BCUT2D eigenvalue weighted by atomic mass is 32.2. The molecule has 0 N–H and O–H groups in total. The van der Waals surface area contributed by atoms with E-state index in [1.807, 2.05) is 0 Å². The van der Waals surface area contributed by atoms with E-state index in [0.717, 1.165) is 12.2 Å². The minimum Gasteiger partial charge on any atom is -0.156 e. The van der Waals surface area contributed by atoms with E-state index in [9.17, 15) is 0 Å². The summed E-state index contributed by atoms with van der Waals surface area (Å²) in [7, 11) is 0. The van der Waals surface area contributed by atoms with Crippen LogP contribution < -0.4 is 0 Å². The third-order valence-electron chi connectivity index (χ3n) is 5.89. The fourth-order valence-electron chi connectivity index (χ4n) is 3.81. The second-order valence-electron chi connectivity index (χ2n) is 13.0. The Morgan fingerprint density at radius 2 is 1.26 bits per heavy atom. The summed E-state index contributed by atoms with van der Waals surface area (Å²) in [6, 6.07) is 9.08. The van der Waals surface area contributed by atoms with Gasteiger partial charge in [0.25, 0.3) is 0 Å². The van der Waals surface area contributed by atoms with Gasteiger partial charge in [0.1, 0.15) is 0 Å². The molecule has 0 nitrogen and oxygen atoms in total. The summed E-state index contributed by atoms with van der Waals surface area (Å²) in [5.41, 5.74) is 3.86. The van der Waals surface area contributed by atoms with E-state index < -0.39 is 0 Å². The lowest BCUT2D eigenvalue weighted by Gasteiger charge is -2.31. The van der Waals surface area contributed by atoms with Crippen molar-refractivity contribution in [2.75, 3.05) is 5.75 Å². The second kappa shape index (κ2) is 12.4. The van der Waals surface area contributed by atoms with Crippen LogP contribution in [0, 0.1) is 10.8 Å². The van der Waals surface area contributed by atoms with Gasteiger partial charge >= 0.3 is 0 Å². The van der Waals surface area contributed by atoms with Crippen LogP contribution in [-0.2, 0) is 12.2 Å². The molecule has 0 aliphatic carbocycles. The van der Waals surface area contributed by atoms with Crippen LogP contribution in [0.3, 0.4) is 0 Å². The summed E-state index contributed by atoms with van der Waals surface area (Å²) >= 11 is 4.26. The van der Waals surface area contributed by atoms with Crippen LogP contribution >= 0.6 is 23.5 Å². The molecular formula is C29H52S2. The molecule has 0 heterocycles. The standard InChI is InChI=1S/C29H52S2/c1-26(2,3)22-24-16-12-13-17-25(24)23-31-29(9,10)20-19-28(7,8)18-14-11-15-21-30-27(4,5)6/h12-13,16-17H,11,14-15,18-23H2,1-10H3. The summed E-state index contributed by atoms with van der Waals surface area (Å²) in [4.78, 5) is 0.